The second kappa shape index (κ2) is 4.78. The van der Waals surface area contributed by atoms with Gasteiger partial charge in [0.15, 0.2) is 6.29 Å². The topological polar surface area (TPSA) is 62.2 Å². The fraction of sp³-hybridized carbons (Fsp3) is 1.00. The third kappa shape index (κ3) is 2.21. The summed E-state index contributed by atoms with van der Waals surface area (Å²) in [5, 5.41) is 19.6. The summed E-state index contributed by atoms with van der Waals surface area (Å²) >= 11 is 3.62. The van der Waals surface area contributed by atoms with Crippen LogP contribution in [0.3, 0.4) is 0 Å². The Balaban J connectivity index is 2.78. The smallest absolute Gasteiger partial charge is 0.198 e. The summed E-state index contributed by atoms with van der Waals surface area (Å²) in [5.74, 6) is 0. The number of nitrogens with zero attached hydrogens (tertiary/aromatic N) is 1. The maximum atomic E-state index is 9.79. The number of thiol groups is 1. The molecule has 0 aromatic heterocycles. The van der Waals surface area contributed by atoms with E-state index in [1.165, 1.54) is 0 Å². The largest absolute Gasteiger partial charge is 0.389 e. The third-order valence-electron chi connectivity index (χ3n) is 2.51. The molecule has 5 atom stereocenters. The number of hydrogen-bond donors (Lipinski definition) is 3. The second-order valence-electron chi connectivity index (χ2n) is 3.75. The van der Waals surface area contributed by atoms with Crippen LogP contribution >= 0.6 is 12.9 Å². The molecule has 84 valence electrons. The average molecular weight is 223 g/mol. The summed E-state index contributed by atoms with van der Waals surface area (Å²) in [4.78, 5) is 1.74. The van der Waals surface area contributed by atoms with Crippen LogP contribution in [0, 0.1) is 0 Å². The molecular formula is C8H17NO4S. The molecule has 0 bridgehead atoms. The number of aliphatic hydroxyl groups is 2. The monoisotopic (exact) mass is 223 g/mol. The summed E-state index contributed by atoms with van der Waals surface area (Å²) in [6.07, 6.45) is -2.83. The van der Waals surface area contributed by atoms with Crippen LogP contribution in [0.4, 0.5) is 0 Å². The average Bonchev–Trinajstić information content (AvgIpc) is 2.11. The molecule has 0 spiro atoms. The zero-order valence-corrected chi connectivity index (χ0v) is 9.39. The van der Waals surface area contributed by atoms with E-state index >= 15 is 0 Å². The Morgan fingerprint density at radius 2 is 1.86 bits per heavy atom. The van der Waals surface area contributed by atoms with Gasteiger partial charge in [0.2, 0.25) is 0 Å². The summed E-state index contributed by atoms with van der Waals surface area (Å²) in [6, 6.07) is -0.407. The summed E-state index contributed by atoms with van der Waals surface area (Å²) in [5.41, 5.74) is 0. The molecule has 1 saturated heterocycles. The van der Waals surface area contributed by atoms with Gasteiger partial charge in [-0.2, -0.15) is 0 Å². The molecule has 1 aliphatic heterocycles. The molecule has 6 heteroatoms. The predicted molar refractivity (Wildman–Crippen MR) is 53.9 cm³/mol. The lowest BCUT2D eigenvalue weighted by Crippen LogP contribution is -2.61. The van der Waals surface area contributed by atoms with Gasteiger partial charge in [0.25, 0.3) is 0 Å². The van der Waals surface area contributed by atoms with Gasteiger partial charge in [0, 0.05) is 0 Å². The normalized spacial score (nSPS) is 44.4. The Labute approximate surface area is 89.2 Å². The maximum Gasteiger partial charge on any atom is 0.198 e. The molecule has 0 amide bonds. The highest BCUT2D eigenvalue weighted by Crippen LogP contribution is 2.24. The zero-order valence-electron chi connectivity index (χ0n) is 8.49. The first-order valence-electron chi connectivity index (χ1n) is 4.47. The molecule has 1 rings (SSSR count). The van der Waals surface area contributed by atoms with E-state index in [0.29, 0.717) is 0 Å². The molecule has 0 aliphatic carbocycles. The van der Waals surface area contributed by atoms with Crippen LogP contribution in [0.2, 0.25) is 0 Å². The molecule has 0 radical (unpaired) electrons. The number of likely N-dealkylation sites (N-methyl/N-ethyl adjacent to an activating group) is 1. The lowest BCUT2D eigenvalue weighted by Gasteiger charge is -2.43. The number of ether oxygens (including phenoxy) is 1. The van der Waals surface area contributed by atoms with Crippen molar-refractivity contribution in [2.75, 3.05) is 14.1 Å². The summed E-state index contributed by atoms with van der Waals surface area (Å²) in [7, 11) is 3.56. The Morgan fingerprint density at radius 3 is 2.29 bits per heavy atom. The summed E-state index contributed by atoms with van der Waals surface area (Å²) < 4.78 is 9.90. The Morgan fingerprint density at radius 1 is 1.29 bits per heavy atom. The van der Waals surface area contributed by atoms with Crippen LogP contribution in [-0.2, 0) is 8.92 Å². The zero-order chi connectivity index (χ0) is 10.9. The van der Waals surface area contributed by atoms with Crippen LogP contribution in [0.25, 0.3) is 0 Å². The number of hydrogen-bond acceptors (Lipinski definition) is 6. The number of aliphatic hydroxyl groups excluding tert-OH is 2. The van der Waals surface area contributed by atoms with E-state index < -0.39 is 24.5 Å². The van der Waals surface area contributed by atoms with E-state index in [2.05, 4.69) is 17.1 Å². The fourth-order valence-corrected chi connectivity index (χ4v) is 1.89. The molecule has 1 heterocycles. The molecule has 14 heavy (non-hydrogen) atoms. The molecule has 5 unspecified atom stereocenters. The van der Waals surface area contributed by atoms with Gasteiger partial charge in [-0.3, -0.25) is 4.18 Å². The van der Waals surface area contributed by atoms with Crippen molar-refractivity contribution in [1.82, 2.24) is 4.90 Å². The molecule has 0 aromatic rings. The standard InChI is InChI=1S/C8H17NO4S/c1-4-6(10)5(9(2)3)7(11)8(12-4)13-14/h4-8,10-11,14H,1-3H3. The minimum absolute atomic E-state index is 0.386. The van der Waals surface area contributed by atoms with Crippen LogP contribution < -0.4 is 0 Å². The first-order chi connectivity index (χ1) is 6.49. The van der Waals surface area contributed by atoms with Crippen molar-refractivity contribution in [1.29, 1.82) is 0 Å². The van der Waals surface area contributed by atoms with Crippen molar-refractivity contribution < 1.29 is 19.1 Å². The van der Waals surface area contributed by atoms with Crippen molar-refractivity contribution in [2.24, 2.45) is 0 Å². The van der Waals surface area contributed by atoms with Crippen LogP contribution in [0.5, 0.6) is 0 Å². The predicted octanol–water partition coefficient (Wildman–Crippen LogP) is -0.755. The van der Waals surface area contributed by atoms with E-state index in [9.17, 15) is 10.2 Å². The van der Waals surface area contributed by atoms with E-state index in [1.54, 1.807) is 25.9 Å². The van der Waals surface area contributed by atoms with E-state index in [4.69, 9.17) is 4.74 Å². The fourth-order valence-electron chi connectivity index (χ4n) is 1.71. The van der Waals surface area contributed by atoms with Gasteiger partial charge in [-0.15, -0.1) is 0 Å². The molecule has 5 nitrogen and oxygen atoms in total. The lowest BCUT2D eigenvalue weighted by atomic mass is 9.96. The van der Waals surface area contributed by atoms with Crippen molar-refractivity contribution in [3.63, 3.8) is 0 Å². The maximum absolute atomic E-state index is 9.79. The highest BCUT2D eigenvalue weighted by Gasteiger charge is 2.44. The van der Waals surface area contributed by atoms with Gasteiger partial charge in [-0.05, 0) is 33.9 Å². The van der Waals surface area contributed by atoms with Crippen LogP contribution in [0.15, 0.2) is 0 Å². The highest BCUT2D eigenvalue weighted by molar-refractivity contribution is 7.75. The van der Waals surface area contributed by atoms with Crippen molar-refractivity contribution in [3.05, 3.63) is 0 Å². The summed E-state index contributed by atoms with van der Waals surface area (Å²) in [6.45, 7) is 1.73. The minimum Gasteiger partial charge on any atom is -0.389 e. The van der Waals surface area contributed by atoms with Gasteiger partial charge >= 0.3 is 0 Å². The van der Waals surface area contributed by atoms with E-state index in [-0.39, 0.29) is 6.10 Å². The van der Waals surface area contributed by atoms with Gasteiger partial charge in [0.1, 0.15) is 6.10 Å². The van der Waals surface area contributed by atoms with Gasteiger partial charge in [-0.25, -0.2) is 0 Å². The number of rotatable bonds is 2. The Hall–Kier alpha value is 0.150. The highest BCUT2D eigenvalue weighted by atomic mass is 32.1. The lowest BCUT2D eigenvalue weighted by molar-refractivity contribution is -0.248. The van der Waals surface area contributed by atoms with Gasteiger partial charge < -0.3 is 19.8 Å². The molecule has 2 N–H and O–H groups in total. The van der Waals surface area contributed by atoms with Crippen molar-refractivity contribution >= 4 is 12.9 Å². The molecule has 0 aromatic carbocycles. The van der Waals surface area contributed by atoms with Crippen LogP contribution in [0.1, 0.15) is 6.92 Å². The molecular weight excluding hydrogens is 206 g/mol. The second-order valence-corrected chi connectivity index (χ2v) is 3.96. The Kier molecular flexibility index (Phi) is 4.17. The van der Waals surface area contributed by atoms with Crippen molar-refractivity contribution in [2.45, 2.75) is 37.6 Å². The first kappa shape index (κ1) is 12.2. The minimum atomic E-state index is -0.909. The first-order valence-corrected chi connectivity index (χ1v) is 4.83. The van der Waals surface area contributed by atoms with Crippen molar-refractivity contribution in [3.8, 4) is 0 Å². The third-order valence-corrected chi connectivity index (χ3v) is 2.72. The van der Waals surface area contributed by atoms with E-state index in [0.717, 1.165) is 0 Å². The molecule has 0 saturated carbocycles. The van der Waals surface area contributed by atoms with Gasteiger partial charge in [-0.1, -0.05) is 0 Å². The van der Waals surface area contributed by atoms with Crippen LogP contribution in [-0.4, -0.2) is 59.9 Å². The molecule has 1 aliphatic rings. The van der Waals surface area contributed by atoms with Gasteiger partial charge in [0.05, 0.1) is 18.2 Å². The van der Waals surface area contributed by atoms with E-state index in [1.807, 2.05) is 0 Å². The quantitative estimate of drug-likeness (QED) is 0.424. The SMILES string of the molecule is CC1OC(OS)C(O)C(N(C)C)C1O. The Bertz CT molecular complexity index is 192. The molecule has 1 fully saturated rings.